The maximum absolute atomic E-state index is 12.0. The molecule has 1 fully saturated rings. The normalized spacial score (nSPS) is 15.7. The Kier molecular flexibility index (Phi) is 5.45. The molecule has 0 amide bonds. The molecule has 2 heterocycles. The van der Waals surface area contributed by atoms with E-state index in [0.29, 0.717) is 12.2 Å². The van der Waals surface area contributed by atoms with Crippen LogP contribution >= 0.6 is 0 Å². The van der Waals surface area contributed by atoms with Gasteiger partial charge in [-0.3, -0.25) is 14.8 Å². The van der Waals surface area contributed by atoms with E-state index in [1.165, 1.54) is 25.5 Å². The second-order valence-corrected chi connectivity index (χ2v) is 6.11. The van der Waals surface area contributed by atoms with Crippen molar-refractivity contribution < 1.29 is 5.11 Å². The summed E-state index contributed by atoms with van der Waals surface area (Å²) >= 11 is 0. The van der Waals surface area contributed by atoms with Crippen LogP contribution in [0.3, 0.4) is 0 Å². The second kappa shape index (κ2) is 7.94. The molecule has 25 heavy (non-hydrogen) atoms. The molecule has 1 aliphatic heterocycles. The molecule has 1 aromatic carbocycles. The number of piperidine rings is 1. The number of rotatable bonds is 5. The number of H-pyrrole nitrogens is 1. The van der Waals surface area contributed by atoms with Crippen molar-refractivity contribution in [2.45, 2.75) is 19.3 Å². The van der Waals surface area contributed by atoms with Crippen LogP contribution in [0.15, 0.2) is 44.9 Å². The number of nitrogens with zero attached hydrogens (tertiary/aromatic N) is 3. The minimum absolute atomic E-state index is 0.0119. The largest absolute Gasteiger partial charge is 0.493 e. The molecule has 7 heteroatoms. The van der Waals surface area contributed by atoms with Crippen LogP contribution in [0.25, 0.3) is 5.69 Å². The molecular formula is C18H22N4O3. The Morgan fingerprint density at radius 2 is 1.84 bits per heavy atom. The van der Waals surface area contributed by atoms with Crippen molar-refractivity contribution in [1.82, 2.24) is 14.5 Å². The summed E-state index contributed by atoms with van der Waals surface area (Å²) in [6, 6.07) is 8.66. The van der Waals surface area contributed by atoms with Crippen molar-refractivity contribution >= 4 is 6.21 Å². The summed E-state index contributed by atoms with van der Waals surface area (Å²) in [6.07, 6.45) is 5.06. The molecule has 2 aromatic rings. The standard InChI is InChI=1S/C18H22N4O3/c23-16-15(13-19-9-12-21-10-5-2-6-11-21)17(24)22(18(25)20-16)14-7-3-1-4-8-14/h1,3-4,7-8,13,24H,2,5-6,9-12H2,(H,20,23,25). The van der Waals surface area contributed by atoms with Gasteiger partial charge in [0.05, 0.1) is 12.2 Å². The Morgan fingerprint density at radius 3 is 2.56 bits per heavy atom. The monoisotopic (exact) mass is 342 g/mol. The van der Waals surface area contributed by atoms with Gasteiger partial charge in [-0.05, 0) is 38.1 Å². The van der Waals surface area contributed by atoms with Crippen LogP contribution in [0.4, 0.5) is 0 Å². The quantitative estimate of drug-likeness (QED) is 0.797. The second-order valence-electron chi connectivity index (χ2n) is 6.11. The van der Waals surface area contributed by atoms with Crippen LogP contribution in [0.5, 0.6) is 5.88 Å². The molecule has 0 unspecified atom stereocenters. The molecule has 1 saturated heterocycles. The lowest BCUT2D eigenvalue weighted by molar-refractivity contribution is 0.235. The molecule has 1 aromatic heterocycles. The summed E-state index contributed by atoms with van der Waals surface area (Å²) in [6.45, 7) is 3.54. The summed E-state index contributed by atoms with van der Waals surface area (Å²) in [5.41, 5.74) is -0.859. The lowest BCUT2D eigenvalue weighted by atomic mass is 10.1. The minimum atomic E-state index is -0.681. The number of aromatic amines is 1. The number of likely N-dealkylation sites (tertiary alicyclic amines) is 1. The highest BCUT2D eigenvalue weighted by molar-refractivity contribution is 5.82. The maximum Gasteiger partial charge on any atom is 0.335 e. The van der Waals surface area contributed by atoms with Crippen LogP contribution < -0.4 is 11.2 Å². The van der Waals surface area contributed by atoms with Crippen molar-refractivity contribution in [2.75, 3.05) is 26.2 Å². The number of aromatic nitrogens is 2. The predicted octanol–water partition coefficient (Wildman–Crippen LogP) is 1.14. The minimum Gasteiger partial charge on any atom is -0.493 e. The van der Waals surface area contributed by atoms with Crippen molar-refractivity contribution in [3.8, 4) is 11.6 Å². The van der Waals surface area contributed by atoms with Crippen molar-refractivity contribution in [3.63, 3.8) is 0 Å². The molecule has 0 aliphatic carbocycles. The molecule has 0 atom stereocenters. The Hall–Kier alpha value is -2.67. The van der Waals surface area contributed by atoms with E-state index < -0.39 is 17.1 Å². The lowest BCUT2D eigenvalue weighted by Crippen LogP contribution is -2.32. The topological polar surface area (TPSA) is 90.7 Å². The zero-order valence-corrected chi connectivity index (χ0v) is 14.0. The van der Waals surface area contributed by atoms with Gasteiger partial charge in [0.25, 0.3) is 5.56 Å². The van der Waals surface area contributed by atoms with E-state index in [0.717, 1.165) is 24.2 Å². The van der Waals surface area contributed by atoms with E-state index in [2.05, 4.69) is 14.9 Å². The molecule has 0 spiro atoms. The van der Waals surface area contributed by atoms with Gasteiger partial charge in [0.15, 0.2) is 0 Å². The first kappa shape index (κ1) is 17.2. The first-order valence-electron chi connectivity index (χ1n) is 8.53. The number of para-hydroxylation sites is 1. The fraction of sp³-hybridized carbons (Fsp3) is 0.389. The average molecular weight is 342 g/mol. The maximum atomic E-state index is 12.0. The summed E-state index contributed by atoms with van der Waals surface area (Å²) in [5.74, 6) is -0.401. The average Bonchev–Trinajstić information content (AvgIpc) is 2.62. The first-order chi connectivity index (χ1) is 12.2. The van der Waals surface area contributed by atoms with Crippen LogP contribution in [0, 0.1) is 0 Å². The van der Waals surface area contributed by atoms with E-state index in [4.69, 9.17) is 0 Å². The fourth-order valence-electron chi connectivity index (χ4n) is 3.01. The van der Waals surface area contributed by atoms with Gasteiger partial charge in [0, 0.05) is 12.8 Å². The van der Waals surface area contributed by atoms with Crippen LogP contribution in [-0.2, 0) is 0 Å². The molecule has 3 rings (SSSR count). The Balaban J connectivity index is 1.80. The van der Waals surface area contributed by atoms with Gasteiger partial charge in [-0.2, -0.15) is 0 Å². The summed E-state index contributed by atoms with van der Waals surface area (Å²) < 4.78 is 1.06. The Labute approximate surface area is 145 Å². The smallest absolute Gasteiger partial charge is 0.335 e. The zero-order chi connectivity index (χ0) is 17.6. The van der Waals surface area contributed by atoms with Gasteiger partial charge in [0.1, 0.15) is 5.56 Å². The van der Waals surface area contributed by atoms with E-state index in [1.54, 1.807) is 30.3 Å². The third-order valence-electron chi connectivity index (χ3n) is 4.35. The number of benzene rings is 1. The van der Waals surface area contributed by atoms with Crippen LogP contribution in [0.2, 0.25) is 0 Å². The lowest BCUT2D eigenvalue weighted by Gasteiger charge is -2.25. The van der Waals surface area contributed by atoms with E-state index in [-0.39, 0.29) is 5.56 Å². The molecule has 1 aliphatic rings. The molecule has 0 saturated carbocycles. The molecule has 0 radical (unpaired) electrons. The molecule has 0 bridgehead atoms. The van der Waals surface area contributed by atoms with Crippen molar-refractivity contribution in [2.24, 2.45) is 4.99 Å². The van der Waals surface area contributed by atoms with E-state index in [9.17, 15) is 14.7 Å². The van der Waals surface area contributed by atoms with E-state index in [1.807, 2.05) is 0 Å². The Bertz CT molecular complexity index is 849. The summed E-state index contributed by atoms with van der Waals surface area (Å²) in [5, 5.41) is 10.4. The molecule has 2 N–H and O–H groups in total. The number of hydrogen-bond donors (Lipinski definition) is 2. The highest BCUT2D eigenvalue weighted by atomic mass is 16.3. The van der Waals surface area contributed by atoms with Gasteiger partial charge in [-0.25, -0.2) is 9.36 Å². The van der Waals surface area contributed by atoms with E-state index >= 15 is 0 Å². The third kappa shape index (κ3) is 4.06. The van der Waals surface area contributed by atoms with Gasteiger partial charge < -0.3 is 10.0 Å². The molecule has 7 nitrogen and oxygen atoms in total. The summed E-state index contributed by atoms with van der Waals surface area (Å²) in [7, 11) is 0. The molecular weight excluding hydrogens is 320 g/mol. The summed E-state index contributed by atoms with van der Waals surface area (Å²) in [4.78, 5) is 32.9. The Morgan fingerprint density at radius 1 is 1.12 bits per heavy atom. The van der Waals surface area contributed by atoms with Gasteiger partial charge >= 0.3 is 5.69 Å². The highest BCUT2D eigenvalue weighted by Gasteiger charge is 2.14. The number of nitrogens with one attached hydrogen (secondary N) is 1. The first-order valence-corrected chi connectivity index (χ1v) is 8.53. The third-order valence-corrected chi connectivity index (χ3v) is 4.35. The number of hydrogen-bond acceptors (Lipinski definition) is 5. The van der Waals surface area contributed by atoms with Crippen molar-refractivity contribution in [3.05, 3.63) is 56.7 Å². The van der Waals surface area contributed by atoms with Gasteiger partial charge in [-0.15, -0.1) is 0 Å². The molecule has 132 valence electrons. The van der Waals surface area contributed by atoms with Crippen LogP contribution in [0.1, 0.15) is 24.8 Å². The van der Waals surface area contributed by atoms with Crippen molar-refractivity contribution in [1.29, 1.82) is 0 Å². The van der Waals surface area contributed by atoms with Crippen LogP contribution in [-0.4, -0.2) is 52.0 Å². The number of aliphatic imine (C=N–C) groups is 1. The zero-order valence-electron chi connectivity index (χ0n) is 14.0. The SMILES string of the molecule is O=c1[nH]c(=O)n(-c2ccccc2)c(O)c1C=NCCN1CCCCC1. The fourth-order valence-corrected chi connectivity index (χ4v) is 3.01. The number of aromatic hydroxyl groups is 1. The van der Waals surface area contributed by atoms with Gasteiger partial charge in [-0.1, -0.05) is 24.6 Å². The predicted molar refractivity (Wildman–Crippen MR) is 97.1 cm³/mol. The highest BCUT2D eigenvalue weighted by Crippen LogP contribution is 2.14. The van der Waals surface area contributed by atoms with Gasteiger partial charge in [0.2, 0.25) is 5.88 Å².